The summed E-state index contributed by atoms with van der Waals surface area (Å²) in [5.41, 5.74) is 3.99. The third-order valence-corrected chi connectivity index (χ3v) is 8.02. The average molecular weight is 479 g/mol. The van der Waals surface area contributed by atoms with Gasteiger partial charge in [0.2, 0.25) is 10.0 Å². The molecule has 0 radical (unpaired) electrons. The molecule has 174 valence electrons. The molecule has 0 bridgehead atoms. The Balaban J connectivity index is 1.65. The van der Waals surface area contributed by atoms with E-state index in [0.29, 0.717) is 44.0 Å². The van der Waals surface area contributed by atoms with Crippen molar-refractivity contribution in [3.63, 3.8) is 0 Å². The van der Waals surface area contributed by atoms with Gasteiger partial charge in [-0.25, -0.2) is 8.42 Å². The highest BCUT2D eigenvalue weighted by Crippen LogP contribution is 2.23. The molecule has 1 heterocycles. The third-order valence-electron chi connectivity index (χ3n) is 5.83. The molecule has 8 heteroatoms. The Labute approximate surface area is 196 Å². The Kier molecular flexibility index (Phi) is 8.33. The predicted molar refractivity (Wildman–Crippen MR) is 127 cm³/mol. The number of nitrogens with zero attached hydrogens (tertiary/aromatic N) is 2. The Morgan fingerprint density at radius 3 is 2.62 bits per heavy atom. The van der Waals surface area contributed by atoms with Gasteiger partial charge in [-0.05, 0) is 49.1 Å². The van der Waals surface area contributed by atoms with Crippen molar-refractivity contribution in [3.8, 4) is 0 Å². The SMILES string of the molecule is COC(=O)CCc1ccc(Cl)cc1CN1CCN(S(=O)(=O)Cc2cccc(C)c2)[C@@H](C)C1. The fourth-order valence-electron chi connectivity index (χ4n) is 4.23. The standard InChI is InChI=1S/C24H31ClN2O4S/c1-18-5-4-6-20(13-18)17-32(29,30)27-12-11-26(15-19(27)2)16-22-14-23(25)9-7-21(22)8-10-24(28)31-3/h4-7,9,13-14,19H,8,10-12,15-17H2,1-3H3/t19-/m0/s1. The van der Waals surface area contributed by atoms with Crippen LogP contribution in [-0.4, -0.2) is 56.4 Å². The molecule has 0 aliphatic carbocycles. The normalized spacial score (nSPS) is 17.9. The molecule has 1 aliphatic heterocycles. The molecule has 0 N–H and O–H groups in total. The first-order valence-corrected chi connectivity index (χ1v) is 12.8. The number of carbonyl (C=O) groups is 1. The van der Waals surface area contributed by atoms with Crippen LogP contribution in [-0.2, 0) is 38.3 Å². The number of aryl methyl sites for hydroxylation is 2. The maximum absolute atomic E-state index is 13.1. The van der Waals surface area contributed by atoms with Crippen LogP contribution in [0.15, 0.2) is 42.5 Å². The van der Waals surface area contributed by atoms with E-state index in [1.165, 1.54) is 7.11 Å². The van der Waals surface area contributed by atoms with Crippen LogP contribution >= 0.6 is 11.6 Å². The molecule has 1 saturated heterocycles. The van der Waals surface area contributed by atoms with Gasteiger partial charge in [-0.3, -0.25) is 9.69 Å². The minimum Gasteiger partial charge on any atom is -0.469 e. The van der Waals surface area contributed by atoms with Crippen LogP contribution in [0.25, 0.3) is 0 Å². The first kappa shape index (κ1) is 24.7. The van der Waals surface area contributed by atoms with Crippen LogP contribution in [0.1, 0.15) is 35.6 Å². The lowest BCUT2D eigenvalue weighted by molar-refractivity contribution is -0.140. The molecule has 2 aromatic rings. The number of carbonyl (C=O) groups excluding carboxylic acids is 1. The predicted octanol–water partition coefficient (Wildman–Crippen LogP) is 3.79. The van der Waals surface area contributed by atoms with Gasteiger partial charge in [0.25, 0.3) is 0 Å². The third kappa shape index (κ3) is 6.54. The summed E-state index contributed by atoms with van der Waals surface area (Å²) in [6.45, 7) is 6.31. The molecule has 6 nitrogen and oxygen atoms in total. The minimum atomic E-state index is -3.40. The molecule has 32 heavy (non-hydrogen) atoms. The van der Waals surface area contributed by atoms with Crippen LogP contribution in [0.5, 0.6) is 0 Å². The number of ether oxygens (including phenoxy) is 1. The summed E-state index contributed by atoms with van der Waals surface area (Å²) in [7, 11) is -2.01. The zero-order chi connectivity index (χ0) is 23.3. The van der Waals surface area contributed by atoms with Crippen molar-refractivity contribution in [2.75, 3.05) is 26.7 Å². The number of benzene rings is 2. The number of hydrogen-bond donors (Lipinski definition) is 0. The maximum Gasteiger partial charge on any atom is 0.305 e. The maximum atomic E-state index is 13.1. The number of rotatable bonds is 8. The highest BCUT2D eigenvalue weighted by atomic mass is 35.5. The smallest absolute Gasteiger partial charge is 0.305 e. The van der Waals surface area contributed by atoms with E-state index in [9.17, 15) is 13.2 Å². The van der Waals surface area contributed by atoms with E-state index in [2.05, 4.69) is 4.90 Å². The molecular formula is C24H31ClN2O4S. The molecule has 0 aromatic heterocycles. The minimum absolute atomic E-state index is 0.0188. The van der Waals surface area contributed by atoms with Gasteiger partial charge in [0, 0.05) is 43.7 Å². The molecule has 1 aliphatic rings. The van der Waals surface area contributed by atoms with Gasteiger partial charge >= 0.3 is 5.97 Å². The van der Waals surface area contributed by atoms with E-state index in [1.54, 1.807) is 4.31 Å². The first-order chi connectivity index (χ1) is 15.2. The van der Waals surface area contributed by atoms with E-state index < -0.39 is 10.0 Å². The number of methoxy groups -OCH3 is 1. The Morgan fingerprint density at radius 2 is 1.94 bits per heavy atom. The van der Waals surface area contributed by atoms with Gasteiger partial charge in [0.05, 0.1) is 12.9 Å². The van der Waals surface area contributed by atoms with Crippen LogP contribution in [0.3, 0.4) is 0 Å². The lowest BCUT2D eigenvalue weighted by Gasteiger charge is -2.39. The van der Waals surface area contributed by atoms with E-state index in [4.69, 9.17) is 16.3 Å². The lowest BCUT2D eigenvalue weighted by Crippen LogP contribution is -2.53. The lowest BCUT2D eigenvalue weighted by atomic mass is 10.0. The summed E-state index contributed by atoms with van der Waals surface area (Å²) in [5, 5.41) is 0.647. The molecular weight excluding hydrogens is 448 g/mol. The summed E-state index contributed by atoms with van der Waals surface area (Å²) >= 11 is 6.23. The fraction of sp³-hybridized carbons (Fsp3) is 0.458. The highest BCUT2D eigenvalue weighted by Gasteiger charge is 2.32. The largest absolute Gasteiger partial charge is 0.469 e. The van der Waals surface area contributed by atoms with Crippen LogP contribution in [0, 0.1) is 6.92 Å². The van der Waals surface area contributed by atoms with E-state index in [1.807, 2.05) is 56.3 Å². The molecule has 3 rings (SSSR count). The van der Waals surface area contributed by atoms with Gasteiger partial charge in [-0.1, -0.05) is 47.5 Å². The van der Waals surface area contributed by atoms with Crippen LogP contribution < -0.4 is 0 Å². The van der Waals surface area contributed by atoms with Crippen molar-refractivity contribution in [2.24, 2.45) is 0 Å². The Hall–Kier alpha value is -1.93. The molecule has 0 amide bonds. The van der Waals surface area contributed by atoms with Gasteiger partial charge in [-0.15, -0.1) is 0 Å². The molecule has 2 aromatic carbocycles. The van der Waals surface area contributed by atoms with Crippen molar-refractivity contribution in [3.05, 3.63) is 69.7 Å². The molecule has 0 saturated carbocycles. The van der Waals surface area contributed by atoms with Crippen LogP contribution in [0.2, 0.25) is 5.02 Å². The van der Waals surface area contributed by atoms with Crippen molar-refractivity contribution < 1.29 is 17.9 Å². The fourth-order valence-corrected chi connectivity index (χ4v) is 6.17. The molecule has 0 spiro atoms. The first-order valence-electron chi connectivity index (χ1n) is 10.8. The summed E-state index contributed by atoms with van der Waals surface area (Å²) in [4.78, 5) is 13.8. The van der Waals surface area contributed by atoms with Crippen molar-refractivity contribution in [1.29, 1.82) is 0 Å². The second-order valence-corrected chi connectivity index (χ2v) is 10.8. The number of piperazine rings is 1. The Bertz CT molecular complexity index is 1060. The number of halogens is 1. The highest BCUT2D eigenvalue weighted by molar-refractivity contribution is 7.88. The van der Waals surface area contributed by atoms with Gasteiger partial charge < -0.3 is 4.74 Å². The Morgan fingerprint density at radius 1 is 1.16 bits per heavy atom. The van der Waals surface area contributed by atoms with Crippen LogP contribution in [0.4, 0.5) is 0 Å². The van der Waals surface area contributed by atoms with Gasteiger partial charge in [0.1, 0.15) is 0 Å². The van der Waals surface area contributed by atoms with E-state index in [-0.39, 0.29) is 17.8 Å². The summed E-state index contributed by atoms with van der Waals surface area (Å²) in [6.07, 6.45) is 0.895. The van der Waals surface area contributed by atoms with Gasteiger partial charge in [0.15, 0.2) is 0 Å². The van der Waals surface area contributed by atoms with Crippen molar-refractivity contribution in [1.82, 2.24) is 9.21 Å². The van der Waals surface area contributed by atoms with Crippen molar-refractivity contribution >= 4 is 27.6 Å². The second-order valence-electron chi connectivity index (χ2n) is 8.43. The number of hydrogen-bond acceptors (Lipinski definition) is 5. The zero-order valence-corrected chi connectivity index (χ0v) is 20.5. The zero-order valence-electron chi connectivity index (χ0n) is 18.9. The van der Waals surface area contributed by atoms with Crippen molar-refractivity contribution in [2.45, 2.75) is 45.0 Å². The number of sulfonamides is 1. The molecule has 1 atom stereocenters. The van der Waals surface area contributed by atoms with E-state index >= 15 is 0 Å². The second kappa shape index (κ2) is 10.8. The monoisotopic (exact) mass is 478 g/mol. The van der Waals surface area contributed by atoms with E-state index in [0.717, 1.165) is 22.3 Å². The average Bonchev–Trinajstić information content (AvgIpc) is 2.72. The topological polar surface area (TPSA) is 66.9 Å². The summed E-state index contributed by atoms with van der Waals surface area (Å²) in [6, 6.07) is 13.2. The quantitative estimate of drug-likeness (QED) is 0.540. The van der Waals surface area contributed by atoms with Gasteiger partial charge in [-0.2, -0.15) is 4.31 Å². The summed E-state index contributed by atoms with van der Waals surface area (Å²) < 4.78 is 32.5. The molecule has 0 unspecified atom stereocenters. The molecule has 1 fully saturated rings. The number of esters is 1. The summed E-state index contributed by atoms with van der Waals surface area (Å²) in [5.74, 6) is -0.225.